The second-order valence-corrected chi connectivity index (χ2v) is 9.66. The molecule has 3 rings (SSSR count). The average Bonchev–Trinajstić information content (AvgIpc) is 2.55. The van der Waals surface area contributed by atoms with Gasteiger partial charge in [0.15, 0.2) is 9.84 Å². The topological polar surface area (TPSA) is 54.5 Å². The molecule has 1 aromatic rings. The first kappa shape index (κ1) is 17.6. The van der Waals surface area contributed by atoms with E-state index in [2.05, 4.69) is 17.0 Å². The van der Waals surface area contributed by atoms with Crippen LogP contribution in [0, 0.1) is 5.92 Å². The minimum Gasteiger partial charge on any atom is -0.303 e. The number of nitrogens with zero attached hydrogens (tertiary/aromatic N) is 1. The molecule has 2 aliphatic rings. The average molecular weight is 349 g/mol. The highest BCUT2D eigenvalue weighted by atomic mass is 32.2. The number of benzene rings is 1. The number of Topliss-reactive ketones (excluding diaryl/α,β-unsaturated/α-hetero) is 1. The Hall–Kier alpha value is -1.20. The third kappa shape index (κ3) is 3.72. The van der Waals surface area contributed by atoms with Gasteiger partial charge in [-0.15, -0.1) is 0 Å². The Morgan fingerprint density at radius 3 is 2.46 bits per heavy atom. The maximum absolute atomic E-state index is 12.4. The molecule has 2 saturated heterocycles. The molecule has 2 fully saturated rings. The van der Waals surface area contributed by atoms with Crippen LogP contribution in [0.15, 0.2) is 30.3 Å². The molecule has 0 radical (unpaired) electrons. The van der Waals surface area contributed by atoms with E-state index >= 15 is 0 Å². The predicted octanol–water partition coefficient (Wildman–Crippen LogP) is 2.43. The van der Waals surface area contributed by atoms with Gasteiger partial charge in [0, 0.05) is 6.54 Å². The zero-order chi connectivity index (χ0) is 17.2. The molecule has 2 heterocycles. The van der Waals surface area contributed by atoms with Crippen LogP contribution in [-0.4, -0.2) is 50.2 Å². The first-order chi connectivity index (χ1) is 11.4. The van der Waals surface area contributed by atoms with Crippen molar-refractivity contribution in [3.05, 3.63) is 35.9 Å². The van der Waals surface area contributed by atoms with E-state index in [1.165, 1.54) is 0 Å². The molecule has 0 bridgehead atoms. The highest BCUT2D eigenvalue weighted by Gasteiger charge is 2.40. The fraction of sp³-hybridized carbons (Fsp3) is 0.632. The van der Waals surface area contributed by atoms with Crippen LogP contribution in [0.1, 0.15) is 38.2 Å². The Balaban J connectivity index is 1.65. The van der Waals surface area contributed by atoms with Gasteiger partial charge in [0.05, 0.1) is 16.9 Å². The quantitative estimate of drug-likeness (QED) is 0.838. The van der Waals surface area contributed by atoms with Gasteiger partial charge in [-0.1, -0.05) is 30.3 Å². The van der Waals surface area contributed by atoms with E-state index in [0.717, 1.165) is 50.9 Å². The molecular weight excluding hydrogens is 322 g/mol. The van der Waals surface area contributed by atoms with Crippen LogP contribution < -0.4 is 0 Å². The lowest BCUT2D eigenvalue weighted by atomic mass is 9.70. The summed E-state index contributed by atoms with van der Waals surface area (Å²) in [6, 6.07) is 10.1. The van der Waals surface area contributed by atoms with Crippen molar-refractivity contribution in [2.75, 3.05) is 31.1 Å². The third-order valence-electron chi connectivity index (χ3n) is 5.78. The summed E-state index contributed by atoms with van der Waals surface area (Å²) >= 11 is 0. The molecule has 0 aliphatic carbocycles. The second-order valence-electron chi connectivity index (χ2n) is 7.43. The Morgan fingerprint density at radius 1 is 1.21 bits per heavy atom. The van der Waals surface area contributed by atoms with Gasteiger partial charge in [0.2, 0.25) is 0 Å². The van der Waals surface area contributed by atoms with Gasteiger partial charge in [0.25, 0.3) is 0 Å². The zero-order valence-electron chi connectivity index (χ0n) is 14.4. The molecule has 1 atom stereocenters. The van der Waals surface area contributed by atoms with Gasteiger partial charge in [-0.25, -0.2) is 8.42 Å². The number of sulfone groups is 1. The van der Waals surface area contributed by atoms with Gasteiger partial charge in [-0.2, -0.15) is 0 Å². The van der Waals surface area contributed by atoms with Crippen LogP contribution in [0.25, 0.3) is 0 Å². The molecule has 132 valence electrons. The fourth-order valence-corrected chi connectivity index (χ4v) is 6.11. The van der Waals surface area contributed by atoms with E-state index in [-0.39, 0.29) is 17.1 Å². The number of piperidine rings is 1. The first-order valence-electron chi connectivity index (χ1n) is 8.91. The Labute approximate surface area is 145 Å². The van der Waals surface area contributed by atoms with Crippen LogP contribution in [0.5, 0.6) is 0 Å². The number of ketones is 1. The molecule has 1 aromatic carbocycles. The predicted molar refractivity (Wildman–Crippen MR) is 95.9 cm³/mol. The van der Waals surface area contributed by atoms with Crippen LogP contribution in [0.2, 0.25) is 0 Å². The van der Waals surface area contributed by atoms with Gasteiger partial charge in [-0.05, 0) is 57.2 Å². The number of likely N-dealkylation sites (tertiary alicyclic amines) is 1. The molecule has 0 spiro atoms. The van der Waals surface area contributed by atoms with Crippen molar-refractivity contribution >= 4 is 15.6 Å². The van der Waals surface area contributed by atoms with Crippen molar-refractivity contribution in [1.29, 1.82) is 0 Å². The maximum Gasteiger partial charge on any atom is 0.150 e. The van der Waals surface area contributed by atoms with E-state index in [9.17, 15) is 13.2 Å². The highest BCUT2D eigenvalue weighted by Crippen LogP contribution is 2.37. The van der Waals surface area contributed by atoms with E-state index < -0.39 is 9.84 Å². The fourth-order valence-electron chi connectivity index (χ4n) is 4.35. The van der Waals surface area contributed by atoms with E-state index in [4.69, 9.17) is 0 Å². The largest absolute Gasteiger partial charge is 0.303 e. The molecule has 0 N–H and O–H groups in total. The molecule has 24 heavy (non-hydrogen) atoms. The zero-order valence-corrected chi connectivity index (χ0v) is 15.2. The van der Waals surface area contributed by atoms with Crippen molar-refractivity contribution in [2.45, 2.75) is 38.0 Å². The number of carbonyl (C=O) groups is 1. The summed E-state index contributed by atoms with van der Waals surface area (Å²) in [5.41, 5.74) is 0.758. The van der Waals surface area contributed by atoms with Crippen molar-refractivity contribution in [3.63, 3.8) is 0 Å². The number of hydrogen-bond donors (Lipinski definition) is 0. The minimum absolute atomic E-state index is 0.244. The summed E-state index contributed by atoms with van der Waals surface area (Å²) in [6.07, 6.45) is 3.45. The number of carbonyl (C=O) groups excluding carboxylic acids is 1. The van der Waals surface area contributed by atoms with Crippen molar-refractivity contribution in [1.82, 2.24) is 4.90 Å². The molecule has 0 aromatic heterocycles. The van der Waals surface area contributed by atoms with Crippen LogP contribution in [0.4, 0.5) is 0 Å². The second kappa shape index (κ2) is 6.96. The molecule has 1 unspecified atom stereocenters. The third-order valence-corrected chi connectivity index (χ3v) is 7.67. The Kier molecular flexibility index (Phi) is 5.11. The summed E-state index contributed by atoms with van der Waals surface area (Å²) in [4.78, 5) is 14.8. The van der Waals surface area contributed by atoms with Gasteiger partial charge in [-0.3, -0.25) is 4.79 Å². The van der Waals surface area contributed by atoms with Crippen molar-refractivity contribution in [3.8, 4) is 0 Å². The van der Waals surface area contributed by atoms with Gasteiger partial charge in [0.1, 0.15) is 5.78 Å². The van der Waals surface area contributed by atoms with Gasteiger partial charge < -0.3 is 4.90 Å². The lowest BCUT2D eigenvalue weighted by Gasteiger charge is -2.42. The van der Waals surface area contributed by atoms with Crippen LogP contribution >= 0.6 is 0 Å². The first-order valence-corrected chi connectivity index (χ1v) is 10.7. The molecule has 0 amide bonds. The van der Waals surface area contributed by atoms with Crippen molar-refractivity contribution < 1.29 is 13.2 Å². The molecule has 5 heteroatoms. The standard InChI is InChI=1S/C19H27NO3S/c1-16(21)19(18-7-3-2-4-8-18)9-11-20(12-10-19)14-17-6-5-13-24(22,23)15-17/h2-4,7-8,17H,5-6,9-15H2,1H3. The smallest absolute Gasteiger partial charge is 0.150 e. The summed E-state index contributed by atoms with van der Waals surface area (Å²) in [5, 5.41) is 0. The SMILES string of the molecule is CC(=O)C1(c2ccccc2)CCN(CC2CCCS(=O)(=O)C2)CC1. The molecule has 0 saturated carbocycles. The normalized spacial score (nSPS) is 26.8. The summed E-state index contributed by atoms with van der Waals surface area (Å²) in [6.45, 7) is 4.29. The monoisotopic (exact) mass is 349 g/mol. The maximum atomic E-state index is 12.4. The summed E-state index contributed by atoms with van der Waals surface area (Å²) < 4.78 is 23.6. The Bertz CT molecular complexity index is 676. The molecule has 4 nitrogen and oxygen atoms in total. The van der Waals surface area contributed by atoms with Crippen LogP contribution in [0.3, 0.4) is 0 Å². The molecular formula is C19H27NO3S. The molecule has 2 aliphatic heterocycles. The van der Waals surface area contributed by atoms with E-state index in [0.29, 0.717) is 11.5 Å². The Morgan fingerprint density at radius 2 is 1.88 bits per heavy atom. The van der Waals surface area contributed by atoms with Crippen LogP contribution in [-0.2, 0) is 20.0 Å². The van der Waals surface area contributed by atoms with E-state index in [1.54, 1.807) is 6.92 Å². The minimum atomic E-state index is -2.84. The summed E-state index contributed by atoms with van der Waals surface area (Å²) in [5.74, 6) is 1.18. The number of rotatable bonds is 4. The lowest BCUT2D eigenvalue weighted by molar-refractivity contribution is -0.124. The highest BCUT2D eigenvalue weighted by molar-refractivity contribution is 7.91. The van der Waals surface area contributed by atoms with Gasteiger partial charge >= 0.3 is 0 Å². The lowest BCUT2D eigenvalue weighted by Crippen LogP contribution is -2.48. The van der Waals surface area contributed by atoms with E-state index in [1.807, 2.05) is 18.2 Å². The number of hydrogen-bond acceptors (Lipinski definition) is 4. The summed E-state index contributed by atoms with van der Waals surface area (Å²) in [7, 11) is -2.84. The van der Waals surface area contributed by atoms with Crippen molar-refractivity contribution in [2.24, 2.45) is 5.92 Å².